The summed E-state index contributed by atoms with van der Waals surface area (Å²) >= 11 is 0. The zero-order valence-corrected chi connectivity index (χ0v) is 8.95. The zero-order chi connectivity index (χ0) is 11.5. The number of pyridine rings is 1. The van der Waals surface area contributed by atoms with Crippen molar-refractivity contribution in [2.45, 2.75) is 19.8 Å². The standard InChI is InChI=1S/C12H12N2O2/c1-8-10(5-4-9-2-3-9)6-11(7-13-8)14-12(15)16/h6-7,9,14H,2-3H2,1H3,(H,15,16). The van der Waals surface area contributed by atoms with Crippen LogP contribution in [0.5, 0.6) is 0 Å². The molecule has 1 aliphatic carbocycles. The minimum absolute atomic E-state index is 0.457. The first kappa shape index (κ1) is 10.5. The average Bonchev–Trinajstić information content (AvgIpc) is 3.02. The fraction of sp³-hybridized carbons (Fsp3) is 0.333. The summed E-state index contributed by atoms with van der Waals surface area (Å²) in [6.45, 7) is 1.86. The van der Waals surface area contributed by atoms with Gasteiger partial charge in [0.05, 0.1) is 17.6 Å². The van der Waals surface area contributed by atoms with Crippen molar-refractivity contribution in [3.63, 3.8) is 0 Å². The van der Waals surface area contributed by atoms with Crippen LogP contribution in [0.4, 0.5) is 10.5 Å². The first-order chi connectivity index (χ1) is 7.65. The molecule has 1 aliphatic rings. The van der Waals surface area contributed by atoms with E-state index in [-0.39, 0.29) is 0 Å². The number of nitrogens with one attached hydrogen (secondary N) is 1. The molecule has 1 aromatic rings. The third-order valence-electron chi connectivity index (χ3n) is 2.33. The molecule has 4 nitrogen and oxygen atoms in total. The van der Waals surface area contributed by atoms with Crippen molar-refractivity contribution in [1.82, 2.24) is 4.98 Å². The number of aryl methyl sites for hydroxylation is 1. The van der Waals surface area contributed by atoms with Gasteiger partial charge in [-0.2, -0.15) is 0 Å². The highest BCUT2D eigenvalue weighted by Crippen LogP contribution is 2.27. The molecule has 0 atom stereocenters. The maximum atomic E-state index is 10.5. The minimum Gasteiger partial charge on any atom is -0.465 e. The Balaban J connectivity index is 2.22. The largest absolute Gasteiger partial charge is 0.465 e. The number of carboxylic acid groups (broad SMARTS) is 1. The van der Waals surface area contributed by atoms with Crippen LogP contribution in [-0.2, 0) is 0 Å². The summed E-state index contributed by atoms with van der Waals surface area (Å²) in [7, 11) is 0. The number of hydrogen-bond donors (Lipinski definition) is 2. The molecular formula is C12H12N2O2. The molecule has 0 aliphatic heterocycles. The number of carbonyl (C=O) groups is 1. The fourth-order valence-electron chi connectivity index (χ4n) is 1.26. The Kier molecular flexibility index (Phi) is 2.78. The van der Waals surface area contributed by atoms with Crippen molar-refractivity contribution < 1.29 is 9.90 Å². The van der Waals surface area contributed by atoms with E-state index in [1.807, 2.05) is 6.92 Å². The van der Waals surface area contributed by atoms with E-state index in [2.05, 4.69) is 22.1 Å². The highest BCUT2D eigenvalue weighted by molar-refractivity contribution is 5.82. The van der Waals surface area contributed by atoms with Gasteiger partial charge in [-0.25, -0.2) is 4.79 Å². The van der Waals surface area contributed by atoms with Gasteiger partial charge in [0, 0.05) is 11.5 Å². The van der Waals surface area contributed by atoms with Crippen LogP contribution in [0.25, 0.3) is 0 Å². The number of aromatic nitrogens is 1. The lowest BCUT2D eigenvalue weighted by atomic mass is 10.2. The summed E-state index contributed by atoms with van der Waals surface area (Å²) in [5.74, 6) is 6.70. The van der Waals surface area contributed by atoms with Crippen LogP contribution in [0.15, 0.2) is 12.3 Å². The number of hydrogen-bond acceptors (Lipinski definition) is 2. The van der Waals surface area contributed by atoms with Gasteiger partial charge in [0.15, 0.2) is 0 Å². The van der Waals surface area contributed by atoms with Gasteiger partial charge in [-0.1, -0.05) is 11.8 Å². The quantitative estimate of drug-likeness (QED) is 0.708. The van der Waals surface area contributed by atoms with Gasteiger partial charge in [0.2, 0.25) is 0 Å². The first-order valence-corrected chi connectivity index (χ1v) is 5.13. The Morgan fingerprint density at radius 1 is 1.62 bits per heavy atom. The predicted octanol–water partition coefficient (Wildman–Crippen LogP) is 2.24. The molecule has 1 amide bonds. The highest BCUT2D eigenvalue weighted by atomic mass is 16.4. The Morgan fingerprint density at radius 2 is 2.38 bits per heavy atom. The van der Waals surface area contributed by atoms with Crippen LogP contribution in [0.2, 0.25) is 0 Å². The van der Waals surface area contributed by atoms with E-state index in [9.17, 15) is 4.79 Å². The summed E-state index contributed by atoms with van der Waals surface area (Å²) in [4.78, 5) is 14.6. The number of nitrogens with zero attached hydrogens (tertiary/aromatic N) is 1. The van der Waals surface area contributed by atoms with Crippen LogP contribution < -0.4 is 5.32 Å². The lowest BCUT2D eigenvalue weighted by Gasteiger charge is -2.02. The van der Waals surface area contributed by atoms with E-state index < -0.39 is 6.09 Å². The Morgan fingerprint density at radius 3 is 3.00 bits per heavy atom. The summed E-state index contributed by atoms with van der Waals surface area (Å²) < 4.78 is 0. The normalized spacial score (nSPS) is 13.8. The molecule has 1 fully saturated rings. The van der Waals surface area contributed by atoms with Crippen molar-refractivity contribution in [3.05, 3.63) is 23.5 Å². The van der Waals surface area contributed by atoms with E-state index in [4.69, 9.17) is 5.11 Å². The molecule has 0 spiro atoms. The van der Waals surface area contributed by atoms with Gasteiger partial charge in [0.25, 0.3) is 0 Å². The average molecular weight is 216 g/mol. The van der Waals surface area contributed by atoms with Crippen molar-refractivity contribution in [2.24, 2.45) is 5.92 Å². The van der Waals surface area contributed by atoms with Crippen molar-refractivity contribution in [3.8, 4) is 11.8 Å². The number of anilines is 1. The minimum atomic E-state index is -1.09. The summed E-state index contributed by atoms with van der Waals surface area (Å²) in [5, 5.41) is 10.8. The van der Waals surface area contributed by atoms with Gasteiger partial charge in [0.1, 0.15) is 0 Å². The van der Waals surface area contributed by atoms with Gasteiger partial charge in [-0.3, -0.25) is 10.3 Å². The molecule has 0 aromatic carbocycles. The van der Waals surface area contributed by atoms with Crippen LogP contribution in [0.1, 0.15) is 24.1 Å². The molecule has 1 aromatic heterocycles. The zero-order valence-electron chi connectivity index (χ0n) is 8.95. The van der Waals surface area contributed by atoms with E-state index in [0.29, 0.717) is 11.6 Å². The van der Waals surface area contributed by atoms with Crippen LogP contribution in [0.3, 0.4) is 0 Å². The van der Waals surface area contributed by atoms with Gasteiger partial charge < -0.3 is 5.11 Å². The summed E-state index contributed by atoms with van der Waals surface area (Å²) in [6.07, 6.45) is 2.75. The second kappa shape index (κ2) is 4.23. The Hall–Kier alpha value is -2.02. The second-order valence-corrected chi connectivity index (χ2v) is 3.83. The van der Waals surface area contributed by atoms with E-state index in [1.165, 1.54) is 19.0 Å². The monoisotopic (exact) mass is 216 g/mol. The molecule has 0 unspecified atom stereocenters. The van der Waals surface area contributed by atoms with Crippen LogP contribution in [-0.4, -0.2) is 16.2 Å². The Bertz CT molecular complexity index is 482. The van der Waals surface area contributed by atoms with E-state index in [0.717, 1.165) is 11.3 Å². The molecule has 1 heterocycles. The number of rotatable bonds is 1. The van der Waals surface area contributed by atoms with E-state index in [1.54, 1.807) is 6.07 Å². The molecule has 1 saturated carbocycles. The topological polar surface area (TPSA) is 62.2 Å². The van der Waals surface area contributed by atoms with Crippen molar-refractivity contribution in [1.29, 1.82) is 0 Å². The van der Waals surface area contributed by atoms with Gasteiger partial charge in [-0.15, -0.1) is 0 Å². The van der Waals surface area contributed by atoms with Crippen molar-refractivity contribution in [2.75, 3.05) is 5.32 Å². The molecule has 2 rings (SSSR count). The van der Waals surface area contributed by atoms with Crippen molar-refractivity contribution >= 4 is 11.8 Å². The lowest BCUT2D eigenvalue weighted by Crippen LogP contribution is -2.08. The summed E-state index contributed by atoms with van der Waals surface area (Å²) in [5.41, 5.74) is 2.07. The van der Waals surface area contributed by atoms with Gasteiger partial charge in [-0.05, 0) is 25.8 Å². The highest BCUT2D eigenvalue weighted by Gasteiger charge is 2.17. The molecule has 2 N–H and O–H groups in total. The summed E-state index contributed by atoms with van der Waals surface area (Å²) in [6, 6.07) is 1.71. The molecule has 0 bridgehead atoms. The lowest BCUT2D eigenvalue weighted by molar-refractivity contribution is 0.209. The molecular weight excluding hydrogens is 204 g/mol. The second-order valence-electron chi connectivity index (χ2n) is 3.83. The Labute approximate surface area is 93.7 Å². The molecule has 0 saturated heterocycles. The molecule has 4 heteroatoms. The first-order valence-electron chi connectivity index (χ1n) is 5.13. The third kappa shape index (κ3) is 2.74. The van der Waals surface area contributed by atoms with E-state index >= 15 is 0 Å². The van der Waals surface area contributed by atoms with Crippen LogP contribution >= 0.6 is 0 Å². The maximum Gasteiger partial charge on any atom is 0.409 e. The fourth-order valence-corrected chi connectivity index (χ4v) is 1.26. The number of amides is 1. The smallest absolute Gasteiger partial charge is 0.409 e. The molecule has 16 heavy (non-hydrogen) atoms. The molecule has 0 radical (unpaired) electrons. The van der Waals surface area contributed by atoms with Crippen LogP contribution in [0, 0.1) is 24.7 Å². The van der Waals surface area contributed by atoms with Gasteiger partial charge >= 0.3 is 6.09 Å². The molecule has 82 valence electrons. The SMILES string of the molecule is Cc1ncc(NC(=O)O)cc1C#CC1CC1. The third-order valence-corrected chi connectivity index (χ3v) is 2.33. The predicted molar refractivity (Wildman–Crippen MR) is 60.2 cm³/mol. The maximum absolute atomic E-state index is 10.5.